The molecule has 1 aromatic heterocycles. The highest BCUT2D eigenvalue weighted by atomic mass is 35.5. The van der Waals surface area contributed by atoms with E-state index in [1.165, 1.54) is 36.5 Å². The Balaban J connectivity index is 1.89. The van der Waals surface area contributed by atoms with Crippen molar-refractivity contribution in [2.45, 2.75) is 6.36 Å². The molecular formula is C19H11Cl2F3N4O5. The number of amides is 1. The van der Waals surface area contributed by atoms with Gasteiger partial charge in [-0.2, -0.15) is 0 Å². The normalized spacial score (nSPS) is 11.1. The van der Waals surface area contributed by atoms with Gasteiger partial charge in [0.05, 0.1) is 20.7 Å². The van der Waals surface area contributed by atoms with Crippen LogP contribution in [0.5, 0.6) is 17.2 Å². The van der Waals surface area contributed by atoms with Gasteiger partial charge in [0.25, 0.3) is 5.91 Å². The first-order valence-corrected chi connectivity index (χ1v) is 9.43. The molecule has 0 aliphatic rings. The largest absolute Gasteiger partial charge is 0.573 e. The molecule has 3 rings (SSSR count). The highest BCUT2D eigenvalue weighted by Gasteiger charge is 2.31. The number of nitrogens with two attached hydrogens (primary N) is 1. The van der Waals surface area contributed by atoms with Crippen LogP contribution in [0.1, 0.15) is 10.4 Å². The molecule has 0 saturated heterocycles. The van der Waals surface area contributed by atoms with Gasteiger partial charge in [-0.05, 0) is 24.3 Å². The van der Waals surface area contributed by atoms with E-state index < -0.39 is 34.4 Å². The summed E-state index contributed by atoms with van der Waals surface area (Å²) in [5, 5.41) is 13.6. The topological polar surface area (TPSA) is 130 Å². The number of aromatic nitrogens is 1. The maximum Gasteiger partial charge on any atom is 0.573 e. The number of alkyl halides is 3. The number of carbonyl (C=O) groups excluding carboxylic acids is 1. The standard InChI is InChI=1S/C19H11Cl2F3N4O5/c20-11-7-12(21)15(32-14-4-5-26-17(25)16(14)28(30)31)8-13(11)27-18(29)9-2-1-3-10(6-9)33-19(22,23)24/h1-8H,(H2,25,26)(H,27,29). The van der Waals surface area contributed by atoms with Gasteiger partial charge in [0.2, 0.25) is 11.6 Å². The van der Waals surface area contributed by atoms with Crippen LogP contribution < -0.4 is 20.5 Å². The summed E-state index contributed by atoms with van der Waals surface area (Å²) in [4.78, 5) is 26.6. The Morgan fingerprint density at radius 2 is 1.85 bits per heavy atom. The molecule has 1 heterocycles. The number of nitrogen functional groups attached to an aromatic ring is 1. The van der Waals surface area contributed by atoms with Gasteiger partial charge in [0.15, 0.2) is 0 Å². The second kappa shape index (κ2) is 9.38. The third kappa shape index (κ3) is 5.93. The average Bonchev–Trinajstić information content (AvgIpc) is 2.70. The number of hydrogen-bond donors (Lipinski definition) is 2. The number of carbonyl (C=O) groups is 1. The van der Waals surface area contributed by atoms with Crippen molar-refractivity contribution in [1.82, 2.24) is 4.98 Å². The summed E-state index contributed by atoms with van der Waals surface area (Å²) in [6.07, 6.45) is -3.75. The molecule has 0 saturated carbocycles. The minimum absolute atomic E-state index is 0.0344. The van der Waals surface area contributed by atoms with Gasteiger partial charge in [0, 0.05) is 23.9 Å². The quantitative estimate of drug-likeness (QED) is 0.320. The third-order valence-electron chi connectivity index (χ3n) is 3.92. The molecule has 172 valence electrons. The van der Waals surface area contributed by atoms with Crippen molar-refractivity contribution in [2.75, 3.05) is 11.1 Å². The smallest absolute Gasteiger partial charge is 0.448 e. The van der Waals surface area contributed by atoms with Gasteiger partial charge < -0.3 is 20.5 Å². The second-order valence-electron chi connectivity index (χ2n) is 6.19. The van der Waals surface area contributed by atoms with Crippen LogP contribution in [0.4, 0.5) is 30.4 Å². The summed E-state index contributed by atoms with van der Waals surface area (Å²) in [5.74, 6) is -2.21. The Morgan fingerprint density at radius 1 is 1.12 bits per heavy atom. The number of nitro groups is 1. The molecule has 0 radical (unpaired) electrons. The first-order valence-electron chi connectivity index (χ1n) is 8.67. The monoisotopic (exact) mass is 502 g/mol. The maximum absolute atomic E-state index is 12.5. The fourth-order valence-electron chi connectivity index (χ4n) is 2.57. The molecular weight excluding hydrogens is 492 g/mol. The fraction of sp³-hybridized carbons (Fsp3) is 0.0526. The van der Waals surface area contributed by atoms with Gasteiger partial charge in [-0.1, -0.05) is 29.3 Å². The second-order valence-corrected chi connectivity index (χ2v) is 7.01. The molecule has 9 nitrogen and oxygen atoms in total. The molecule has 0 unspecified atom stereocenters. The van der Waals surface area contributed by atoms with Crippen molar-refractivity contribution in [3.63, 3.8) is 0 Å². The van der Waals surface area contributed by atoms with Gasteiger partial charge >= 0.3 is 12.0 Å². The number of halogens is 5. The fourth-order valence-corrected chi connectivity index (χ4v) is 3.04. The summed E-state index contributed by atoms with van der Waals surface area (Å²) in [6.45, 7) is 0. The van der Waals surface area contributed by atoms with Crippen molar-refractivity contribution in [3.8, 4) is 17.2 Å². The summed E-state index contributed by atoms with van der Waals surface area (Å²) in [5.41, 5.74) is 4.72. The van der Waals surface area contributed by atoms with Crippen LogP contribution in [0.3, 0.4) is 0 Å². The van der Waals surface area contributed by atoms with E-state index in [2.05, 4.69) is 15.0 Å². The Bertz CT molecular complexity index is 1240. The first-order chi connectivity index (χ1) is 15.4. The van der Waals surface area contributed by atoms with E-state index in [9.17, 15) is 28.1 Å². The van der Waals surface area contributed by atoms with E-state index in [0.29, 0.717) is 0 Å². The van der Waals surface area contributed by atoms with Crippen LogP contribution in [0.15, 0.2) is 48.7 Å². The zero-order valence-corrected chi connectivity index (χ0v) is 17.5. The lowest BCUT2D eigenvalue weighted by atomic mass is 10.2. The molecule has 0 fully saturated rings. The first kappa shape index (κ1) is 23.9. The number of pyridine rings is 1. The van der Waals surface area contributed by atoms with Gasteiger partial charge in [-0.25, -0.2) is 4.98 Å². The third-order valence-corrected chi connectivity index (χ3v) is 4.53. The zero-order chi connectivity index (χ0) is 24.3. The summed E-state index contributed by atoms with van der Waals surface area (Å²) in [6, 6.07) is 7.92. The van der Waals surface area contributed by atoms with Crippen LogP contribution in [0.25, 0.3) is 0 Å². The molecule has 3 aromatic rings. The molecule has 1 amide bonds. The highest BCUT2D eigenvalue weighted by Crippen LogP contribution is 2.40. The number of benzene rings is 2. The Morgan fingerprint density at radius 3 is 2.52 bits per heavy atom. The maximum atomic E-state index is 12.5. The number of nitrogens with one attached hydrogen (secondary N) is 1. The number of nitrogens with zero attached hydrogens (tertiary/aromatic N) is 2. The lowest BCUT2D eigenvalue weighted by Gasteiger charge is -2.13. The molecule has 0 spiro atoms. The minimum atomic E-state index is -4.93. The Kier molecular flexibility index (Phi) is 6.79. The highest BCUT2D eigenvalue weighted by molar-refractivity contribution is 6.37. The van der Waals surface area contributed by atoms with Crippen LogP contribution in [-0.2, 0) is 0 Å². The van der Waals surface area contributed by atoms with Crippen molar-refractivity contribution < 1.29 is 32.4 Å². The van der Waals surface area contributed by atoms with Gasteiger partial charge in [-0.15, -0.1) is 13.2 Å². The van der Waals surface area contributed by atoms with Crippen LogP contribution in [-0.4, -0.2) is 22.2 Å². The van der Waals surface area contributed by atoms with Crippen molar-refractivity contribution >= 4 is 46.3 Å². The van der Waals surface area contributed by atoms with Crippen molar-refractivity contribution in [1.29, 1.82) is 0 Å². The number of ether oxygens (including phenoxy) is 2. The van der Waals surface area contributed by atoms with Crippen molar-refractivity contribution in [3.05, 3.63) is 74.4 Å². The lowest BCUT2D eigenvalue weighted by molar-refractivity contribution is -0.384. The lowest BCUT2D eigenvalue weighted by Crippen LogP contribution is -2.18. The predicted molar refractivity (Wildman–Crippen MR) is 113 cm³/mol. The molecule has 0 atom stereocenters. The average molecular weight is 503 g/mol. The van der Waals surface area contributed by atoms with E-state index in [1.54, 1.807) is 0 Å². The summed E-state index contributed by atoms with van der Waals surface area (Å²) in [7, 11) is 0. The number of hydrogen-bond acceptors (Lipinski definition) is 7. The zero-order valence-electron chi connectivity index (χ0n) is 16.0. The van der Waals surface area contributed by atoms with E-state index >= 15 is 0 Å². The molecule has 0 aliphatic heterocycles. The minimum Gasteiger partial charge on any atom is -0.448 e. The van der Waals surface area contributed by atoms with E-state index in [4.69, 9.17) is 33.7 Å². The molecule has 2 aromatic carbocycles. The number of rotatable bonds is 6. The molecule has 0 aliphatic carbocycles. The van der Waals surface area contributed by atoms with Crippen molar-refractivity contribution in [2.24, 2.45) is 0 Å². The van der Waals surface area contributed by atoms with E-state index in [0.717, 1.165) is 12.1 Å². The molecule has 33 heavy (non-hydrogen) atoms. The van der Waals surface area contributed by atoms with E-state index in [1.807, 2.05) is 0 Å². The number of anilines is 2. The molecule has 3 N–H and O–H groups in total. The van der Waals surface area contributed by atoms with E-state index in [-0.39, 0.29) is 32.8 Å². The van der Waals surface area contributed by atoms with Crippen LogP contribution in [0.2, 0.25) is 10.0 Å². The molecule has 14 heteroatoms. The predicted octanol–water partition coefficient (Wildman–Crippen LogP) is 5.82. The Hall–Kier alpha value is -3.77. The summed E-state index contributed by atoms with van der Waals surface area (Å²) < 4.78 is 46.5. The summed E-state index contributed by atoms with van der Waals surface area (Å²) >= 11 is 12.2. The molecule has 0 bridgehead atoms. The van der Waals surface area contributed by atoms with Crippen LogP contribution >= 0.6 is 23.2 Å². The van der Waals surface area contributed by atoms with Gasteiger partial charge in [-0.3, -0.25) is 14.9 Å². The van der Waals surface area contributed by atoms with Crippen LogP contribution in [0, 0.1) is 10.1 Å². The SMILES string of the molecule is Nc1nccc(Oc2cc(NC(=O)c3cccc(OC(F)(F)F)c3)c(Cl)cc2Cl)c1[N+](=O)[O-]. The van der Waals surface area contributed by atoms with Gasteiger partial charge in [0.1, 0.15) is 11.5 Å². The Labute approximate surface area is 193 Å².